The van der Waals surface area contributed by atoms with Crippen LogP contribution in [0.4, 0.5) is 0 Å². The van der Waals surface area contributed by atoms with E-state index in [9.17, 15) is 4.79 Å². The van der Waals surface area contributed by atoms with Gasteiger partial charge in [-0.3, -0.25) is 9.78 Å². The molecule has 1 unspecified atom stereocenters. The number of hydrogen-bond donors (Lipinski definition) is 2. The molecule has 4 rings (SSSR count). The highest BCUT2D eigenvalue weighted by molar-refractivity contribution is 5.78. The first-order valence-corrected chi connectivity index (χ1v) is 8.43. The normalized spacial score (nSPS) is 12.2. The van der Waals surface area contributed by atoms with E-state index in [2.05, 4.69) is 21.0 Å². The van der Waals surface area contributed by atoms with Crippen LogP contribution in [0.3, 0.4) is 0 Å². The molecule has 128 valence electrons. The molecule has 0 aliphatic heterocycles. The van der Waals surface area contributed by atoms with Crippen LogP contribution in [0, 0.1) is 0 Å². The van der Waals surface area contributed by atoms with E-state index in [-0.39, 0.29) is 18.2 Å². The van der Waals surface area contributed by atoms with Crippen LogP contribution in [-0.2, 0) is 4.79 Å². The van der Waals surface area contributed by atoms with Crippen molar-refractivity contribution in [1.82, 2.24) is 15.0 Å². The van der Waals surface area contributed by atoms with Gasteiger partial charge in [-0.05, 0) is 41.5 Å². The maximum Gasteiger partial charge on any atom is 0.218 e. The van der Waals surface area contributed by atoms with Gasteiger partial charge in [-0.25, -0.2) is 4.98 Å². The number of imidazole rings is 1. The smallest absolute Gasteiger partial charge is 0.218 e. The molecular formula is C21H18N4O. The topological polar surface area (TPSA) is 84.7 Å². The van der Waals surface area contributed by atoms with E-state index in [1.54, 1.807) is 12.5 Å². The maximum absolute atomic E-state index is 11.7. The van der Waals surface area contributed by atoms with Crippen LogP contribution in [0.5, 0.6) is 0 Å². The summed E-state index contributed by atoms with van der Waals surface area (Å²) in [5, 5.41) is 0. The van der Waals surface area contributed by atoms with Gasteiger partial charge in [-0.2, -0.15) is 0 Å². The number of pyridine rings is 1. The van der Waals surface area contributed by atoms with Crippen LogP contribution in [0.15, 0.2) is 73.2 Å². The van der Waals surface area contributed by atoms with Gasteiger partial charge in [0.05, 0.1) is 23.1 Å². The maximum atomic E-state index is 11.7. The summed E-state index contributed by atoms with van der Waals surface area (Å²) in [5.41, 5.74) is 11.4. The number of rotatable bonds is 5. The minimum absolute atomic E-state index is 0.121. The predicted molar refractivity (Wildman–Crippen MR) is 101 cm³/mol. The van der Waals surface area contributed by atoms with Crippen molar-refractivity contribution in [1.29, 1.82) is 0 Å². The van der Waals surface area contributed by atoms with Gasteiger partial charge in [0.15, 0.2) is 0 Å². The summed E-state index contributed by atoms with van der Waals surface area (Å²) in [6.45, 7) is 0. The van der Waals surface area contributed by atoms with E-state index < -0.39 is 0 Å². The SMILES string of the molecule is NC(=O)CC(c1cccc(-c2ccccn2)c1)c1ccc2nc[nH]c2c1. The highest BCUT2D eigenvalue weighted by atomic mass is 16.1. The molecule has 0 saturated heterocycles. The zero-order valence-electron chi connectivity index (χ0n) is 14.1. The third kappa shape index (κ3) is 3.19. The Hall–Kier alpha value is -3.47. The Kier molecular flexibility index (Phi) is 4.19. The molecule has 5 heteroatoms. The Morgan fingerprint density at radius 3 is 2.69 bits per heavy atom. The second-order valence-electron chi connectivity index (χ2n) is 6.24. The molecule has 0 spiro atoms. The second-order valence-corrected chi connectivity index (χ2v) is 6.24. The number of aromatic amines is 1. The lowest BCUT2D eigenvalue weighted by Gasteiger charge is -2.17. The molecule has 1 atom stereocenters. The molecule has 2 heterocycles. The van der Waals surface area contributed by atoms with Crippen LogP contribution < -0.4 is 5.73 Å². The molecule has 0 aliphatic rings. The van der Waals surface area contributed by atoms with Crippen molar-refractivity contribution in [3.05, 3.63) is 84.3 Å². The monoisotopic (exact) mass is 342 g/mol. The Bertz CT molecular complexity index is 1060. The quantitative estimate of drug-likeness (QED) is 0.581. The molecule has 0 bridgehead atoms. The molecule has 0 aliphatic carbocycles. The number of carbonyl (C=O) groups excluding carboxylic acids is 1. The average Bonchev–Trinajstić information content (AvgIpc) is 3.14. The standard InChI is InChI=1S/C21H18N4O/c22-21(26)12-17(15-7-8-19-20(11-15)25-13-24-19)14-4-3-5-16(10-14)18-6-1-2-9-23-18/h1-11,13,17H,12H2,(H2,22,26)(H,24,25). The van der Waals surface area contributed by atoms with Crippen molar-refractivity contribution in [2.45, 2.75) is 12.3 Å². The van der Waals surface area contributed by atoms with Crippen molar-refractivity contribution in [3.8, 4) is 11.3 Å². The molecule has 0 fully saturated rings. The Morgan fingerprint density at radius 1 is 1.00 bits per heavy atom. The second kappa shape index (κ2) is 6.80. The number of aromatic nitrogens is 3. The van der Waals surface area contributed by atoms with Crippen LogP contribution in [0.2, 0.25) is 0 Å². The number of benzene rings is 2. The molecule has 1 amide bonds. The largest absolute Gasteiger partial charge is 0.370 e. The van der Waals surface area contributed by atoms with Crippen molar-refractivity contribution in [2.24, 2.45) is 5.73 Å². The summed E-state index contributed by atoms with van der Waals surface area (Å²) in [6.07, 6.45) is 3.68. The van der Waals surface area contributed by atoms with Crippen molar-refractivity contribution in [2.75, 3.05) is 0 Å². The zero-order valence-corrected chi connectivity index (χ0v) is 14.1. The Labute approximate surface area is 150 Å². The number of carbonyl (C=O) groups is 1. The summed E-state index contributed by atoms with van der Waals surface area (Å²) >= 11 is 0. The third-order valence-electron chi connectivity index (χ3n) is 4.50. The first-order valence-electron chi connectivity index (χ1n) is 8.43. The molecule has 26 heavy (non-hydrogen) atoms. The Morgan fingerprint density at radius 2 is 1.88 bits per heavy atom. The number of H-pyrrole nitrogens is 1. The fourth-order valence-electron chi connectivity index (χ4n) is 3.25. The van der Waals surface area contributed by atoms with Gasteiger partial charge in [0.1, 0.15) is 0 Å². The van der Waals surface area contributed by atoms with Gasteiger partial charge in [-0.15, -0.1) is 0 Å². The van der Waals surface area contributed by atoms with Crippen LogP contribution >= 0.6 is 0 Å². The fraction of sp³-hybridized carbons (Fsp3) is 0.0952. The lowest BCUT2D eigenvalue weighted by Crippen LogP contribution is -2.16. The molecule has 4 aromatic rings. The molecular weight excluding hydrogens is 324 g/mol. The van der Waals surface area contributed by atoms with Gasteiger partial charge in [0, 0.05) is 24.1 Å². The van der Waals surface area contributed by atoms with E-state index >= 15 is 0 Å². The summed E-state index contributed by atoms with van der Waals surface area (Å²) in [4.78, 5) is 23.5. The molecule has 2 aromatic heterocycles. The lowest BCUT2D eigenvalue weighted by molar-refractivity contribution is -0.118. The number of fused-ring (bicyclic) bond motifs is 1. The number of nitrogens with zero attached hydrogens (tertiary/aromatic N) is 2. The van der Waals surface area contributed by atoms with Gasteiger partial charge in [-0.1, -0.05) is 30.3 Å². The molecule has 0 saturated carbocycles. The number of hydrogen-bond acceptors (Lipinski definition) is 3. The van der Waals surface area contributed by atoms with E-state index in [1.807, 2.05) is 54.6 Å². The van der Waals surface area contributed by atoms with Crippen molar-refractivity contribution < 1.29 is 4.79 Å². The molecule has 5 nitrogen and oxygen atoms in total. The first kappa shape index (κ1) is 16.0. The molecule has 0 radical (unpaired) electrons. The van der Waals surface area contributed by atoms with Crippen LogP contribution in [-0.4, -0.2) is 20.9 Å². The average molecular weight is 342 g/mol. The predicted octanol–water partition coefficient (Wildman–Crippen LogP) is 3.63. The van der Waals surface area contributed by atoms with E-state index in [0.29, 0.717) is 0 Å². The number of nitrogens with one attached hydrogen (secondary N) is 1. The highest BCUT2D eigenvalue weighted by Crippen LogP contribution is 2.31. The first-order chi connectivity index (χ1) is 12.7. The number of primary amides is 1. The number of amides is 1. The van der Waals surface area contributed by atoms with Gasteiger partial charge >= 0.3 is 0 Å². The van der Waals surface area contributed by atoms with Gasteiger partial charge < -0.3 is 10.7 Å². The minimum Gasteiger partial charge on any atom is -0.370 e. The fourth-order valence-corrected chi connectivity index (χ4v) is 3.25. The minimum atomic E-state index is -0.331. The number of nitrogens with two attached hydrogens (primary N) is 1. The Balaban J connectivity index is 1.78. The van der Waals surface area contributed by atoms with E-state index in [0.717, 1.165) is 33.4 Å². The summed E-state index contributed by atoms with van der Waals surface area (Å²) in [5.74, 6) is -0.452. The summed E-state index contributed by atoms with van der Waals surface area (Å²) in [6, 6.07) is 19.9. The molecule has 2 aromatic carbocycles. The van der Waals surface area contributed by atoms with E-state index in [1.165, 1.54) is 0 Å². The van der Waals surface area contributed by atoms with Gasteiger partial charge in [0.25, 0.3) is 0 Å². The van der Waals surface area contributed by atoms with Crippen LogP contribution in [0.1, 0.15) is 23.5 Å². The van der Waals surface area contributed by atoms with Gasteiger partial charge in [0.2, 0.25) is 5.91 Å². The van der Waals surface area contributed by atoms with Crippen molar-refractivity contribution >= 4 is 16.9 Å². The summed E-state index contributed by atoms with van der Waals surface area (Å²) < 4.78 is 0. The van der Waals surface area contributed by atoms with E-state index in [4.69, 9.17) is 5.73 Å². The highest BCUT2D eigenvalue weighted by Gasteiger charge is 2.18. The van der Waals surface area contributed by atoms with Crippen molar-refractivity contribution in [3.63, 3.8) is 0 Å². The van der Waals surface area contributed by atoms with Crippen LogP contribution in [0.25, 0.3) is 22.3 Å². The lowest BCUT2D eigenvalue weighted by atomic mass is 9.87. The molecule has 3 N–H and O–H groups in total. The zero-order chi connectivity index (χ0) is 17.9. The summed E-state index contributed by atoms with van der Waals surface area (Å²) in [7, 11) is 0. The third-order valence-corrected chi connectivity index (χ3v) is 4.50.